The zero-order valence-electron chi connectivity index (χ0n) is 21.7. The first-order valence-corrected chi connectivity index (χ1v) is 12.6. The molecule has 36 heavy (non-hydrogen) atoms. The van der Waals surface area contributed by atoms with Crippen LogP contribution in [0.4, 0.5) is 9.59 Å². The van der Waals surface area contributed by atoms with Crippen LogP contribution in [-0.4, -0.2) is 77.1 Å². The van der Waals surface area contributed by atoms with Crippen LogP contribution in [0.25, 0.3) is 0 Å². The average Bonchev–Trinajstić information content (AvgIpc) is 3.11. The number of hydrogen-bond acceptors (Lipinski definition) is 6. The molecule has 3 saturated heterocycles. The molecule has 0 aromatic heterocycles. The minimum Gasteiger partial charge on any atom is -0.446 e. The van der Waals surface area contributed by atoms with Crippen LogP contribution in [-0.2, 0) is 19.1 Å². The number of hydrogen-bond donors (Lipinski definition) is 0. The number of carbonyl (C=O) groups is 4. The molecule has 3 aliphatic heterocycles. The van der Waals surface area contributed by atoms with Crippen molar-refractivity contribution in [2.75, 3.05) is 32.8 Å². The predicted octanol–water partition coefficient (Wildman–Crippen LogP) is 3.45. The maximum Gasteiger partial charge on any atom is 0.417 e. The van der Waals surface area contributed by atoms with Crippen LogP contribution in [0.2, 0.25) is 0 Å². The van der Waals surface area contributed by atoms with E-state index in [2.05, 4.69) is 13.8 Å². The van der Waals surface area contributed by atoms with Crippen molar-refractivity contribution in [1.29, 1.82) is 0 Å². The second kappa shape index (κ2) is 8.21. The lowest BCUT2D eigenvalue weighted by molar-refractivity contribution is -0.154. The normalized spacial score (nSPS) is 28.1. The van der Waals surface area contributed by atoms with Crippen molar-refractivity contribution in [3.8, 4) is 0 Å². The fraction of sp³-hybridized carbons (Fsp3) is 0.630. The molecular formula is C27H35N3O6. The maximum absolute atomic E-state index is 14.0. The Morgan fingerprint density at radius 2 is 1.58 bits per heavy atom. The molecule has 1 aromatic rings. The van der Waals surface area contributed by atoms with E-state index in [4.69, 9.17) is 9.47 Å². The zero-order chi connectivity index (χ0) is 26.0. The monoisotopic (exact) mass is 497 g/mol. The van der Waals surface area contributed by atoms with Gasteiger partial charge in [0.25, 0.3) is 0 Å². The summed E-state index contributed by atoms with van der Waals surface area (Å²) in [5, 5.41) is 0. The highest BCUT2D eigenvalue weighted by Gasteiger charge is 2.63. The number of imide groups is 1. The smallest absolute Gasteiger partial charge is 0.417 e. The van der Waals surface area contributed by atoms with Crippen LogP contribution < -0.4 is 0 Å². The van der Waals surface area contributed by atoms with Crippen LogP contribution in [0.3, 0.4) is 0 Å². The van der Waals surface area contributed by atoms with E-state index >= 15 is 0 Å². The van der Waals surface area contributed by atoms with Crippen molar-refractivity contribution < 1.29 is 28.7 Å². The van der Waals surface area contributed by atoms with Crippen molar-refractivity contribution in [3.63, 3.8) is 0 Å². The topological polar surface area (TPSA) is 96.5 Å². The number of likely N-dealkylation sites (tertiary alicyclic amines) is 2. The molecule has 3 heterocycles. The van der Waals surface area contributed by atoms with Gasteiger partial charge in [0.2, 0.25) is 11.8 Å². The van der Waals surface area contributed by atoms with Gasteiger partial charge in [-0.05, 0) is 38.2 Å². The minimum absolute atomic E-state index is 0.00313. The Hall–Kier alpha value is -3.10. The minimum atomic E-state index is -0.678. The summed E-state index contributed by atoms with van der Waals surface area (Å²) in [6, 6.07) is 8.80. The van der Waals surface area contributed by atoms with Gasteiger partial charge in [0.15, 0.2) is 0 Å². The van der Waals surface area contributed by atoms with Crippen molar-refractivity contribution in [3.05, 3.63) is 35.9 Å². The van der Waals surface area contributed by atoms with E-state index < -0.39 is 35.2 Å². The molecular weight excluding hydrogens is 462 g/mol. The largest absolute Gasteiger partial charge is 0.446 e. The summed E-state index contributed by atoms with van der Waals surface area (Å²) in [7, 11) is 0. The fourth-order valence-corrected chi connectivity index (χ4v) is 5.83. The molecule has 1 aromatic carbocycles. The molecule has 194 valence electrons. The third-order valence-corrected chi connectivity index (χ3v) is 8.03. The lowest BCUT2D eigenvalue weighted by Crippen LogP contribution is -2.64. The van der Waals surface area contributed by atoms with Gasteiger partial charge in [0, 0.05) is 37.5 Å². The summed E-state index contributed by atoms with van der Waals surface area (Å²) in [5.74, 6) is -0.895. The van der Waals surface area contributed by atoms with Gasteiger partial charge in [-0.2, -0.15) is 0 Å². The lowest BCUT2D eigenvalue weighted by atomic mass is 9.70. The van der Waals surface area contributed by atoms with Crippen LogP contribution >= 0.6 is 0 Å². The van der Waals surface area contributed by atoms with E-state index in [0.29, 0.717) is 19.6 Å². The number of rotatable bonds is 3. The van der Waals surface area contributed by atoms with Crippen LogP contribution in [0.15, 0.2) is 30.3 Å². The van der Waals surface area contributed by atoms with Crippen LogP contribution in [0.1, 0.15) is 52.6 Å². The molecule has 1 saturated carbocycles. The van der Waals surface area contributed by atoms with E-state index in [0.717, 1.165) is 12.0 Å². The Morgan fingerprint density at radius 1 is 0.972 bits per heavy atom. The molecule has 9 nitrogen and oxygen atoms in total. The number of benzene rings is 1. The molecule has 9 heteroatoms. The highest BCUT2D eigenvalue weighted by Crippen LogP contribution is 2.55. The Bertz CT molecular complexity index is 1090. The van der Waals surface area contributed by atoms with Gasteiger partial charge in [0.05, 0.1) is 5.92 Å². The molecule has 3 atom stereocenters. The molecule has 4 aliphatic rings. The first-order chi connectivity index (χ1) is 16.8. The van der Waals surface area contributed by atoms with Crippen LogP contribution in [0.5, 0.6) is 0 Å². The van der Waals surface area contributed by atoms with E-state index in [1.54, 1.807) is 30.6 Å². The first kappa shape index (κ1) is 24.6. The summed E-state index contributed by atoms with van der Waals surface area (Å²) < 4.78 is 10.9. The summed E-state index contributed by atoms with van der Waals surface area (Å²) in [6.45, 7) is 10.8. The molecule has 0 bridgehead atoms. The van der Waals surface area contributed by atoms with Crippen molar-refractivity contribution in [2.24, 2.45) is 22.7 Å². The molecule has 0 N–H and O–H groups in total. The number of nitrogens with zero attached hydrogens (tertiary/aromatic N) is 3. The third-order valence-electron chi connectivity index (χ3n) is 8.03. The third kappa shape index (κ3) is 4.22. The lowest BCUT2D eigenvalue weighted by Gasteiger charge is -2.51. The number of amides is 4. The molecule has 0 unspecified atom stereocenters. The molecule has 5 rings (SSSR count). The van der Waals surface area contributed by atoms with Gasteiger partial charge >= 0.3 is 12.2 Å². The van der Waals surface area contributed by atoms with Crippen molar-refractivity contribution in [1.82, 2.24) is 14.7 Å². The second-order valence-electron chi connectivity index (χ2n) is 12.4. The highest BCUT2D eigenvalue weighted by atomic mass is 16.6. The Balaban J connectivity index is 1.39. The molecule has 4 amide bonds. The molecule has 1 aliphatic carbocycles. The van der Waals surface area contributed by atoms with E-state index in [1.807, 2.05) is 30.3 Å². The van der Waals surface area contributed by atoms with Crippen molar-refractivity contribution >= 4 is 24.0 Å². The van der Waals surface area contributed by atoms with E-state index in [1.165, 1.54) is 4.90 Å². The maximum atomic E-state index is 14.0. The van der Waals surface area contributed by atoms with Gasteiger partial charge in [-0.3, -0.25) is 9.59 Å². The van der Waals surface area contributed by atoms with Crippen molar-refractivity contribution in [2.45, 2.75) is 52.7 Å². The Kier molecular flexibility index (Phi) is 5.61. The average molecular weight is 498 g/mol. The molecule has 1 spiro atoms. The van der Waals surface area contributed by atoms with Gasteiger partial charge in [-0.25, -0.2) is 14.5 Å². The molecule has 4 fully saturated rings. The summed E-state index contributed by atoms with van der Waals surface area (Å²) in [4.78, 5) is 57.2. The zero-order valence-corrected chi connectivity index (χ0v) is 21.7. The standard InChI is InChI=1S/C27H35N3O6/c1-25(2,3)36-23(33)28-12-19(27(14-28)15-29(16-27)21(31)18-11-26(18,4)5)22(32)30-20(13-35-24(30)34)17-9-7-6-8-10-17/h6-10,18-20H,11-16H2,1-5H3/t18-,19+,20+/m1/s1. The number of ether oxygens (including phenoxy) is 2. The number of carbonyl (C=O) groups excluding carboxylic acids is 4. The summed E-state index contributed by atoms with van der Waals surface area (Å²) >= 11 is 0. The van der Waals surface area contributed by atoms with Gasteiger partial charge in [0.1, 0.15) is 18.2 Å². The summed E-state index contributed by atoms with van der Waals surface area (Å²) in [6.07, 6.45) is -0.305. The van der Waals surface area contributed by atoms with Gasteiger partial charge < -0.3 is 19.3 Å². The SMILES string of the molecule is CC(C)(C)OC(=O)N1C[C@@H](C(=O)N2C(=O)OC[C@H]2c2ccccc2)C2(C1)CN(C(=O)[C@H]1CC1(C)C)C2. The molecule has 0 radical (unpaired) electrons. The van der Waals surface area contributed by atoms with Crippen LogP contribution in [0, 0.1) is 22.7 Å². The summed E-state index contributed by atoms with van der Waals surface area (Å²) in [5.41, 5.74) is -0.473. The van der Waals surface area contributed by atoms with E-state index in [-0.39, 0.29) is 36.3 Å². The first-order valence-electron chi connectivity index (χ1n) is 12.6. The Morgan fingerprint density at radius 3 is 2.17 bits per heavy atom. The highest BCUT2D eigenvalue weighted by molar-refractivity contribution is 5.96. The Labute approximate surface area is 211 Å². The van der Waals surface area contributed by atoms with E-state index in [9.17, 15) is 19.2 Å². The number of cyclic esters (lactones) is 1. The quantitative estimate of drug-likeness (QED) is 0.635. The van der Waals surface area contributed by atoms with Gasteiger partial charge in [-0.1, -0.05) is 44.2 Å². The fourth-order valence-electron chi connectivity index (χ4n) is 5.83. The second-order valence-corrected chi connectivity index (χ2v) is 12.4. The predicted molar refractivity (Wildman–Crippen MR) is 130 cm³/mol. The van der Waals surface area contributed by atoms with Gasteiger partial charge in [-0.15, -0.1) is 0 Å².